The first-order valence-electron chi connectivity index (χ1n) is 2.61. The zero-order chi connectivity index (χ0) is 7.65. The van der Waals surface area contributed by atoms with Gasteiger partial charge in [0.15, 0.2) is 5.78 Å². The molecule has 0 aromatic carbocycles. The maximum Gasteiger partial charge on any atom is 1.00 e. The average Bonchev–Trinajstić information content (AvgIpc) is 1.62. The van der Waals surface area contributed by atoms with Gasteiger partial charge in [0.2, 0.25) is 0 Å². The summed E-state index contributed by atoms with van der Waals surface area (Å²) < 4.78 is 13.1. The van der Waals surface area contributed by atoms with E-state index in [0.717, 1.165) is 6.92 Å². The first-order valence-corrected chi connectivity index (χ1v) is 1.61. The average molecular weight is 148 g/mol. The molecule has 0 fully saturated rings. The zero-order valence-electron chi connectivity index (χ0n) is 7.22. The molecule has 9 heavy (non-hydrogen) atoms. The Morgan fingerprint density at radius 3 is 2.00 bits per heavy atom. The van der Waals surface area contributed by atoms with E-state index in [9.17, 15) is 14.7 Å². The summed E-state index contributed by atoms with van der Waals surface area (Å²) >= 11 is 0. The molecule has 0 aromatic heterocycles. The number of rotatable bonds is 2. The second kappa shape index (κ2) is 8.10. The fourth-order valence-corrected chi connectivity index (χ4v) is 0.102. The van der Waals surface area contributed by atoms with Crippen LogP contribution in [0.5, 0.6) is 0 Å². The molecular formula is C4H7NaO4. The van der Waals surface area contributed by atoms with Crippen LogP contribution in [-0.4, -0.2) is 17.2 Å². The van der Waals surface area contributed by atoms with Crippen molar-refractivity contribution in [3.63, 3.8) is 0 Å². The van der Waals surface area contributed by atoms with Gasteiger partial charge in [-0.1, -0.05) is 6.92 Å². The van der Waals surface area contributed by atoms with Gasteiger partial charge in [0.05, 0.1) is 0 Å². The van der Waals surface area contributed by atoms with Crippen LogP contribution >= 0.6 is 0 Å². The van der Waals surface area contributed by atoms with Crippen LogP contribution in [0.4, 0.5) is 0 Å². The van der Waals surface area contributed by atoms with Crippen LogP contribution in [0.3, 0.4) is 0 Å². The van der Waals surface area contributed by atoms with E-state index in [-0.39, 0.29) is 35.0 Å². The minimum Gasteiger partial charge on any atom is -0.542 e. The van der Waals surface area contributed by atoms with Gasteiger partial charge in [0, 0.05) is 9.11 Å². The van der Waals surface area contributed by atoms with Crippen molar-refractivity contribution in [2.75, 3.05) is 0 Å². The maximum atomic E-state index is 10.1. The van der Waals surface area contributed by atoms with E-state index in [0.29, 0.717) is 0 Å². The van der Waals surface area contributed by atoms with Gasteiger partial charge in [-0.05, 0) is 0 Å². The molecule has 4 nitrogen and oxygen atoms in total. The number of carboxylic acids is 1. The first kappa shape index (κ1) is 9.10. The van der Waals surface area contributed by atoms with Gasteiger partial charge < -0.3 is 15.4 Å². The molecule has 5 heteroatoms. The quantitative estimate of drug-likeness (QED) is 0.223. The second-order valence-electron chi connectivity index (χ2n) is 0.867. The summed E-state index contributed by atoms with van der Waals surface area (Å²) in [7, 11) is 0. The van der Waals surface area contributed by atoms with Gasteiger partial charge >= 0.3 is 29.6 Å². The largest absolute Gasteiger partial charge is 1.00 e. The first-order chi connectivity index (χ1) is 3.85. The number of carbonyl (C=O) groups excluding carboxylic acids is 2. The number of hydrogen-bond donors (Lipinski definition) is 0. The number of Topliss-reactive ketones (excluding diaryl/α,β-unsaturated/α-hetero) is 1. The Hall–Kier alpha value is 0.100. The molecule has 0 heterocycles. The van der Waals surface area contributed by atoms with Crippen molar-refractivity contribution in [1.29, 1.82) is 0 Å². The van der Waals surface area contributed by atoms with E-state index in [1.54, 1.807) is 0 Å². The molecule has 0 atom stereocenters. The predicted molar refractivity (Wildman–Crippen MR) is 23.9 cm³/mol. The third kappa shape index (κ3) is 8.10. The third-order valence-electron chi connectivity index (χ3n) is 0.412. The molecule has 0 bridgehead atoms. The smallest absolute Gasteiger partial charge is 0.542 e. The summed E-state index contributed by atoms with van der Waals surface area (Å²) in [5.74, 6) is -3.51. The summed E-state index contributed by atoms with van der Waals surface area (Å²) in [4.78, 5) is 19.8. The van der Waals surface area contributed by atoms with Gasteiger partial charge in [0.1, 0.15) is 5.97 Å². The van der Waals surface area contributed by atoms with Crippen molar-refractivity contribution in [1.82, 2.24) is 0 Å². The molecule has 0 amide bonds. The molecular weight excluding hydrogens is 139 g/mol. The second-order valence-corrected chi connectivity index (χ2v) is 0.867. The Bertz CT molecular complexity index is 153. The molecule has 0 spiro atoms. The number of ketones is 1. The Morgan fingerprint density at radius 2 is 2.00 bits per heavy atom. The standard InChI is InChI=1S/C4H6O3.Na.H2O/c1-2-3(5)4(6)7;;/h2H2,1H3,(H,6,7);;1H2/q;+1;/p-1/i1+1,2+1D2,3+1,4+1;;. The van der Waals surface area contributed by atoms with Crippen molar-refractivity contribution >= 4 is 11.8 Å². The van der Waals surface area contributed by atoms with Crippen LogP contribution in [0.2, 0.25) is 0 Å². The number of hydrogen-bond acceptors (Lipinski definition) is 3. The van der Waals surface area contributed by atoms with E-state index in [2.05, 4.69) is 0 Å². The molecule has 0 saturated carbocycles. The normalized spacial score (nSPS) is 11.2. The Morgan fingerprint density at radius 1 is 1.67 bits per heavy atom. The third-order valence-corrected chi connectivity index (χ3v) is 0.412. The fraction of sp³-hybridized carbons (Fsp3) is 0.500. The fourth-order valence-electron chi connectivity index (χ4n) is 0.102. The van der Waals surface area contributed by atoms with Crippen molar-refractivity contribution in [3.8, 4) is 0 Å². The van der Waals surface area contributed by atoms with Crippen LogP contribution in [0, 0.1) is 0 Å². The van der Waals surface area contributed by atoms with Gasteiger partial charge in [-0.3, -0.25) is 4.79 Å². The van der Waals surface area contributed by atoms with E-state index in [4.69, 9.17) is 2.74 Å². The van der Waals surface area contributed by atoms with Crippen molar-refractivity contribution in [3.05, 3.63) is 0 Å². The van der Waals surface area contributed by atoms with Crippen LogP contribution in [0.15, 0.2) is 0 Å². The monoisotopic (exact) mass is 148 g/mol. The Kier molecular flexibility index (Phi) is 8.19. The van der Waals surface area contributed by atoms with E-state index in [1.807, 2.05) is 0 Å². The number of aliphatic carboxylic acids is 1. The van der Waals surface area contributed by atoms with Gasteiger partial charge in [-0.25, -0.2) is 0 Å². The van der Waals surface area contributed by atoms with Crippen LogP contribution < -0.4 is 34.7 Å². The minimum absolute atomic E-state index is 0. The topological polar surface area (TPSA) is 88.7 Å². The summed E-state index contributed by atoms with van der Waals surface area (Å²) in [6, 6.07) is 0. The minimum atomic E-state index is -2.32. The zero-order valence-corrected chi connectivity index (χ0v) is 7.22. The van der Waals surface area contributed by atoms with Crippen LogP contribution in [-0.2, 0) is 9.59 Å². The van der Waals surface area contributed by atoms with Crippen LogP contribution in [0.25, 0.3) is 0 Å². The van der Waals surface area contributed by atoms with Crippen molar-refractivity contribution < 1.29 is 52.5 Å². The number of carbonyl (C=O) groups is 2. The molecule has 0 unspecified atom stereocenters. The molecule has 0 saturated heterocycles. The van der Waals surface area contributed by atoms with E-state index >= 15 is 0 Å². The Labute approximate surface area is 77.7 Å². The summed E-state index contributed by atoms with van der Waals surface area (Å²) in [5.41, 5.74) is 0. The SMILES string of the molecule is O.[2H][13C]([2H])([13CH3])[13C](=O)[13C](=O)[O-].[Na+]. The van der Waals surface area contributed by atoms with E-state index in [1.165, 1.54) is 0 Å². The maximum absolute atomic E-state index is 10.1. The van der Waals surface area contributed by atoms with Crippen molar-refractivity contribution in [2.24, 2.45) is 0 Å². The molecule has 0 aromatic rings. The number of carboxylic acid groups (broad SMARTS) is 1. The molecule has 0 rings (SSSR count). The molecule has 2 N–H and O–H groups in total. The van der Waals surface area contributed by atoms with Gasteiger partial charge in [-0.2, -0.15) is 0 Å². The molecule has 0 aliphatic carbocycles. The summed E-state index contributed by atoms with van der Waals surface area (Å²) in [6.07, 6.45) is -2.32. The van der Waals surface area contributed by atoms with Gasteiger partial charge in [0.25, 0.3) is 0 Å². The van der Waals surface area contributed by atoms with Crippen LogP contribution in [0.1, 0.15) is 16.0 Å². The molecule has 0 aliphatic rings. The van der Waals surface area contributed by atoms with E-state index < -0.39 is 18.1 Å². The molecule has 0 aliphatic heterocycles. The summed E-state index contributed by atoms with van der Waals surface area (Å²) in [6.45, 7) is 0.866. The summed E-state index contributed by atoms with van der Waals surface area (Å²) in [5, 5.41) is 9.65. The predicted octanol–water partition coefficient (Wildman–Crippen LogP) is -5.11. The Balaban J connectivity index is -0.000000320. The van der Waals surface area contributed by atoms with Crippen molar-refractivity contribution in [2.45, 2.75) is 13.3 Å². The molecule has 48 valence electrons. The molecule has 0 radical (unpaired) electrons. The van der Waals surface area contributed by atoms with Gasteiger partial charge in [-0.15, -0.1) is 0 Å².